The van der Waals surface area contributed by atoms with Gasteiger partial charge in [-0.05, 0) is 84.2 Å². The normalized spacial score (nSPS) is 11.6. The van der Waals surface area contributed by atoms with Crippen molar-refractivity contribution in [1.29, 1.82) is 0 Å². The summed E-state index contributed by atoms with van der Waals surface area (Å²) in [6.45, 7) is 0. The molecule has 2 heterocycles. The lowest BCUT2D eigenvalue weighted by Crippen LogP contribution is -2.10. The lowest BCUT2D eigenvalue weighted by molar-refractivity contribution is 0.668. The Balaban J connectivity index is 1.14. The summed E-state index contributed by atoms with van der Waals surface area (Å²) >= 11 is 0. The van der Waals surface area contributed by atoms with Crippen LogP contribution in [0.5, 0.6) is 0 Å². The van der Waals surface area contributed by atoms with Gasteiger partial charge in [0.25, 0.3) is 0 Å². The highest BCUT2D eigenvalue weighted by Crippen LogP contribution is 2.45. The van der Waals surface area contributed by atoms with E-state index in [1.54, 1.807) is 0 Å². The molecule has 0 aliphatic heterocycles. The van der Waals surface area contributed by atoms with Gasteiger partial charge in [0, 0.05) is 55.7 Å². The van der Waals surface area contributed by atoms with Gasteiger partial charge in [-0.2, -0.15) is 0 Å². The zero-order valence-electron chi connectivity index (χ0n) is 27.0. The second kappa shape index (κ2) is 11.4. The van der Waals surface area contributed by atoms with Gasteiger partial charge < -0.3 is 18.6 Å². The quantitative estimate of drug-likeness (QED) is 0.181. The Labute approximate surface area is 288 Å². The summed E-state index contributed by atoms with van der Waals surface area (Å²) in [5.74, 6) is 0. The highest BCUT2D eigenvalue weighted by atomic mass is 16.3. The zero-order chi connectivity index (χ0) is 33.0. The average Bonchev–Trinajstić information content (AvgIpc) is 3.75. The van der Waals surface area contributed by atoms with Crippen LogP contribution in [-0.2, 0) is 0 Å². The van der Waals surface area contributed by atoms with E-state index >= 15 is 0 Å². The topological polar surface area (TPSA) is 32.8 Å². The third-order valence-electron chi connectivity index (χ3n) is 9.61. The summed E-state index contributed by atoms with van der Waals surface area (Å²) in [5, 5.41) is 6.60. The Morgan fingerprint density at radius 1 is 0.300 bits per heavy atom. The van der Waals surface area contributed by atoms with Gasteiger partial charge in [0.15, 0.2) is 5.58 Å². The monoisotopic (exact) mass is 642 g/mol. The molecule has 0 atom stereocenters. The Morgan fingerprint density at radius 3 is 1.62 bits per heavy atom. The molecule has 236 valence electrons. The van der Waals surface area contributed by atoms with Crippen LogP contribution in [0.3, 0.4) is 0 Å². The van der Waals surface area contributed by atoms with Gasteiger partial charge in [0.1, 0.15) is 16.7 Å². The Morgan fingerprint density at radius 2 is 0.880 bits per heavy atom. The van der Waals surface area contributed by atoms with Crippen molar-refractivity contribution in [3.8, 4) is 0 Å². The Bertz CT molecular complexity index is 2780. The molecule has 0 saturated heterocycles. The number of hydrogen-bond acceptors (Lipinski definition) is 4. The van der Waals surface area contributed by atoms with Crippen LogP contribution in [0.15, 0.2) is 191 Å². The van der Waals surface area contributed by atoms with E-state index in [2.05, 4.69) is 174 Å². The summed E-state index contributed by atoms with van der Waals surface area (Å²) in [6, 6.07) is 63.5. The summed E-state index contributed by atoms with van der Waals surface area (Å²) in [6.07, 6.45) is 0. The van der Waals surface area contributed by atoms with Crippen LogP contribution < -0.4 is 9.80 Å². The van der Waals surface area contributed by atoms with Crippen LogP contribution in [0, 0.1) is 0 Å². The molecule has 2 aromatic heterocycles. The van der Waals surface area contributed by atoms with Crippen LogP contribution in [0.2, 0.25) is 0 Å². The van der Waals surface area contributed by atoms with E-state index in [1.807, 2.05) is 18.2 Å². The first kappa shape index (κ1) is 28.3. The lowest BCUT2D eigenvalue weighted by Gasteiger charge is -2.25. The average molecular weight is 643 g/mol. The summed E-state index contributed by atoms with van der Waals surface area (Å²) in [5.41, 5.74) is 9.66. The molecule has 0 N–H and O–H groups in total. The number of para-hydroxylation sites is 4. The van der Waals surface area contributed by atoms with Gasteiger partial charge in [0.2, 0.25) is 0 Å². The second-order valence-corrected chi connectivity index (χ2v) is 12.6. The largest absolute Gasteiger partial charge is 0.456 e. The van der Waals surface area contributed by atoms with Crippen LogP contribution >= 0.6 is 0 Å². The number of fused-ring (bicyclic) bond motifs is 8. The van der Waals surface area contributed by atoms with Crippen LogP contribution in [0.4, 0.5) is 34.1 Å². The molecule has 10 aromatic rings. The fourth-order valence-corrected chi connectivity index (χ4v) is 7.33. The predicted octanol–water partition coefficient (Wildman–Crippen LogP) is 13.6. The van der Waals surface area contributed by atoms with Crippen molar-refractivity contribution in [2.75, 3.05) is 9.80 Å². The van der Waals surface area contributed by atoms with Gasteiger partial charge in [-0.1, -0.05) is 97.1 Å². The molecule has 0 radical (unpaired) electrons. The molecule has 8 aromatic carbocycles. The molecule has 0 aliphatic rings. The number of rotatable bonds is 6. The van der Waals surface area contributed by atoms with E-state index in [9.17, 15) is 0 Å². The molecule has 0 fully saturated rings. The number of hydrogen-bond donors (Lipinski definition) is 0. The van der Waals surface area contributed by atoms with Gasteiger partial charge in [-0.3, -0.25) is 0 Å². The van der Waals surface area contributed by atoms with Crippen molar-refractivity contribution in [2.24, 2.45) is 0 Å². The minimum absolute atomic E-state index is 0.823. The van der Waals surface area contributed by atoms with Gasteiger partial charge >= 0.3 is 0 Å². The fourth-order valence-electron chi connectivity index (χ4n) is 7.33. The van der Waals surface area contributed by atoms with Crippen LogP contribution in [0.25, 0.3) is 54.6 Å². The number of furan rings is 2. The molecule has 0 saturated carbocycles. The van der Waals surface area contributed by atoms with Gasteiger partial charge in [-0.15, -0.1) is 0 Å². The minimum atomic E-state index is 0.823. The number of nitrogens with zero attached hydrogens (tertiary/aromatic N) is 2. The van der Waals surface area contributed by atoms with Crippen molar-refractivity contribution in [3.05, 3.63) is 182 Å². The molecule has 0 unspecified atom stereocenters. The van der Waals surface area contributed by atoms with E-state index in [-0.39, 0.29) is 0 Å². The van der Waals surface area contributed by atoms with E-state index < -0.39 is 0 Å². The maximum Gasteiger partial charge on any atom is 0.159 e. The maximum atomic E-state index is 6.80. The highest BCUT2D eigenvalue weighted by Gasteiger charge is 2.22. The standard InChI is InChI=1S/C46H30N2O2/c1-4-14-32(15-5-1)47(33-16-6-2-7-17-33)35-25-28-43-41(29-35)38-27-24-36(30-44(38)49-43)48(34-18-8-3-9-19-34)42-22-12-21-39-40-26-23-31-13-10-11-20-37(31)45(40)50-46(39)42/h1-30H. The molecular formula is C46H30N2O2. The number of benzene rings is 8. The maximum absolute atomic E-state index is 6.80. The molecule has 0 bridgehead atoms. The lowest BCUT2D eigenvalue weighted by atomic mass is 10.1. The first-order valence-electron chi connectivity index (χ1n) is 16.8. The third kappa shape index (κ3) is 4.54. The van der Waals surface area contributed by atoms with Crippen molar-refractivity contribution in [1.82, 2.24) is 0 Å². The second-order valence-electron chi connectivity index (χ2n) is 12.6. The molecule has 50 heavy (non-hydrogen) atoms. The van der Waals surface area contributed by atoms with E-state index in [4.69, 9.17) is 8.83 Å². The first-order valence-corrected chi connectivity index (χ1v) is 16.8. The van der Waals surface area contributed by atoms with E-state index in [1.165, 1.54) is 0 Å². The molecule has 0 aliphatic carbocycles. The number of anilines is 6. The smallest absolute Gasteiger partial charge is 0.159 e. The van der Waals surface area contributed by atoms with Crippen molar-refractivity contribution >= 4 is 88.8 Å². The first-order chi connectivity index (χ1) is 24.8. The zero-order valence-corrected chi connectivity index (χ0v) is 27.0. The molecule has 10 rings (SSSR count). The summed E-state index contributed by atoms with van der Waals surface area (Å²) in [7, 11) is 0. The highest BCUT2D eigenvalue weighted by molar-refractivity contribution is 6.17. The molecule has 0 amide bonds. The molecule has 0 spiro atoms. The van der Waals surface area contributed by atoms with Gasteiger partial charge in [0.05, 0.1) is 11.4 Å². The van der Waals surface area contributed by atoms with E-state index in [0.29, 0.717) is 0 Å². The van der Waals surface area contributed by atoms with E-state index in [0.717, 1.165) is 88.8 Å². The molecule has 4 nitrogen and oxygen atoms in total. The molecular weight excluding hydrogens is 613 g/mol. The van der Waals surface area contributed by atoms with Crippen LogP contribution in [-0.4, -0.2) is 0 Å². The van der Waals surface area contributed by atoms with Crippen LogP contribution in [0.1, 0.15) is 0 Å². The summed E-state index contributed by atoms with van der Waals surface area (Å²) in [4.78, 5) is 4.54. The van der Waals surface area contributed by atoms with Crippen molar-refractivity contribution < 1.29 is 8.83 Å². The molecule has 4 heteroatoms. The minimum Gasteiger partial charge on any atom is -0.456 e. The fraction of sp³-hybridized carbons (Fsp3) is 0. The Hall–Kier alpha value is -6.78. The Kier molecular flexibility index (Phi) is 6.46. The van der Waals surface area contributed by atoms with Crippen molar-refractivity contribution in [2.45, 2.75) is 0 Å². The third-order valence-corrected chi connectivity index (χ3v) is 9.61. The summed E-state index contributed by atoms with van der Waals surface area (Å²) < 4.78 is 13.4. The van der Waals surface area contributed by atoms with Gasteiger partial charge in [-0.25, -0.2) is 0 Å². The predicted molar refractivity (Wildman–Crippen MR) is 208 cm³/mol. The van der Waals surface area contributed by atoms with Crippen molar-refractivity contribution in [3.63, 3.8) is 0 Å². The SMILES string of the molecule is c1ccc(N(c2ccccc2)c2ccc3oc4cc(N(c5ccccc5)c5cccc6c5oc5c7ccccc7ccc65)ccc4c3c2)cc1.